The van der Waals surface area contributed by atoms with Crippen LogP contribution in [0.2, 0.25) is 0 Å². The standard InChI is InChI=1S/C60H43N3O4S2.C56H43N3O4S2/c1-40-32-41(2)34-45(33-40)15-14-42-16-22-49(23-17-42)63(50-24-18-43(19-25-50)35-54(46-10-6-4-7-11-46)57-30-28-52(68-57)37-48(39-61)59(64)65)51-26-20-44(21-27-51)36-55(47-12-8-5-9-13-47)58-31-29-53(69-58)38-56(62-3)60(66)67;1-58-52(56(62)63)36-49-30-32-54(65-49)51(43-15-9-4-10-16-43)34-39-19-25-46(26-20-39)59(47-27-21-41(22-28-47)40-11-5-2-6-12-40)45-23-17-38(18-24-45)33-50(42-13-7-3-8-14-42)53-31-29-48(64-53)35-44(37-57)55(60)61/h4-38H,1-2H3,(H,64,65)(H,66,67);3-4,7-10,13-36,40H,2,5-6,11-12H2,(H,60,61)(H,62,63)/b15-14+,48-37+,54-35+,55-36+,56-38-;44-35+,50-33+,51-34+,52-36-. The van der Waals surface area contributed by atoms with Crippen molar-refractivity contribution in [2.75, 3.05) is 9.80 Å². The maximum atomic E-state index is 11.6. The smallest absolute Gasteiger partial charge is 0.346 e. The minimum atomic E-state index is -1.26. The lowest BCUT2D eigenvalue weighted by Crippen LogP contribution is -2.10. The van der Waals surface area contributed by atoms with E-state index < -0.39 is 23.9 Å². The molecule has 0 spiro atoms. The quantitative estimate of drug-likeness (QED) is 0.0149. The van der Waals surface area contributed by atoms with Crippen molar-refractivity contribution in [1.82, 2.24) is 0 Å². The number of carbonyl (C=O) groups is 4. The fourth-order valence-corrected chi connectivity index (χ4v) is 19.8. The summed E-state index contributed by atoms with van der Waals surface area (Å²) in [4.78, 5) is 63.6. The van der Waals surface area contributed by atoms with Crippen molar-refractivity contribution >= 4 is 186 Å². The molecule has 0 unspecified atom stereocenters. The predicted molar refractivity (Wildman–Crippen MR) is 551 cm³/mol. The van der Waals surface area contributed by atoms with Gasteiger partial charge in [0, 0.05) is 73.1 Å². The third-order valence-electron chi connectivity index (χ3n) is 22.4. The second kappa shape index (κ2) is 44.1. The highest BCUT2D eigenvalue weighted by molar-refractivity contribution is 7.15. The highest BCUT2D eigenvalue weighted by Gasteiger charge is 2.23. The van der Waals surface area contributed by atoms with Gasteiger partial charge in [-0.3, -0.25) is 9.59 Å². The van der Waals surface area contributed by atoms with E-state index in [1.807, 2.05) is 146 Å². The number of rotatable bonds is 29. The molecule has 1 aliphatic carbocycles. The number of nitrogens with zero attached hydrogens (tertiary/aromatic N) is 6. The van der Waals surface area contributed by atoms with Crippen LogP contribution in [0.4, 0.5) is 34.1 Å². The lowest BCUT2D eigenvalue weighted by atomic mass is 9.84. The van der Waals surface area contributed by atoms with Crippen LogP contribution in [0.1, 0.15) is 149 Å². The van der Waals surface area contributed by atoms with Gasteiger partial charge in [0.05, 0.1) is 13.1 Å². The van der Waals surface area contributed by atoms with Gasteiger partial charge in [-0.25, -0.2) is 19.3 Å². The van der Waals surface area contributed by atoms with Gasteiger partial charge in [0.15, 0.2) is 0 Å². The largest absolute Gasteiger partial charge is 0.486 e. The average molecular weight is 1820 g/mol. The third-order valence-corrected chi connectivity index (χ3v) is 26.6. The molecule has 1 aliphatic rings. The molecule has 652 valence electrons. The summed E-state index contributed by atoms with van der Waals surface area (Å²) in [5.41, 5.74) is 22.5. The van der Waals surface area contributed by atoms with E-state index in [0.717, 1.165) is 132 Å². The molecule has 0 amide bonds. The third kappa shape index (κ3) is 23.7. The van der Waals surface area contributed by atoms with Gasteiger partial charge in [0.2, 0.25) is 0 Å². The van der Waals surface area contributed by atoms with Crippen LogP contribution in [-0.2, 0) is 19.2 Å². The topological polar surface area (TPSA) is 212 Å². The van der Waals surface area contributed by atoms with E-state index in [1.54, 1.807) is 12.1 Å². The second-order valence-electron chi connectivity index (χ2n) is 31.7. The number of hydrogen-bond acceptors (Lipinski definition) is 12. The SMILES string of the molecule is [C-]#[N+]/C(=C\c1ccc(/C(=C/c2ccc(N(c3ccc(/C=C(\c4ccccc4)c4ccc(/C=C(\C#N)C(=O)O)s4)cc3)c3ccc(C4CCCCC4)cc3)cc2)c2ccccc2)s1)C(=O)O.[C-]#[N+]/C(=C\c1ccc(/C(=C/c2ccc(N(c3ccc(/C=C/c4cc(C)cc(C)c4)cc3)c3ccc(/C=C(\c4ccccc4)c4ccc(/C=C(\C#N)C(=O)O)s4)cc3)cc2)c2ccccc2)s1)C(=O)O. The Hall–Kier alpha value is -16.7. The molecular weight excluding hydrogens is 1730 g/mol. The van der Waals surface area contributed by atoms with E-state index in [4.69, 9.17) is 13.1 Å². The number of thiophene rings is 4. The number of anilines is 6. The Morgan fingerprint density at radius 3 is 0.858 bits per heavy atom. The number of aryl methyl sites for hydroxylation is 2. The summed E-state index contributed by atoms with van der Waals surface area (Å²) in [6, 6.07) is 117. The molecule has 0 radical (unpaired) electrons. The molecule has 16 rings (SSSR count). The number of carboxylic acid groups (broad SMARTS) is 4. The summed E-state index contributed by atoms with van der Waals surface area (Å²) in [5.74, 6) is -4.43. The number of aliphatic carboxylic acids is 4. The van der Waals surface area contributed by atoms with Crippen LogP contribution in [-0.4, -0.2) is 44.3 Å². The van der Waals surface area contributed by atoms with E-state index in [1.165, 1.54) is 118 Å². The summed E-state index contributed by atoms with van der Waals surface area (Å²) >= 11 is 5.73. The summed E-state index contributed by atoms with van der Waals surface area (Å²) in [5, 5.41) is 56.5. The number of carboxylic acids is 4. The molecular formula is C116H86N6O8S4. The Morgan fingerprint density at radius 1 is 0.321 bits per heavy atom. The summed E-state index contributed by atoms with van der Waals surface area (Å²) in [7, 11) is 0. The first-order chi connectivity index (χ1) is 65.3. The molecule has 11 aromatic carbocycles. The highest BCUT2D eigenvalue weighted by atomic mass is 32.1. The minimum absolute atomic E-state index is 0.311. The van der Waals surface area contributed by atoms with Crippen molar-refractivity contribution in [3.05, 3.63) is 490 Å². The number of benzene rings is 11. The van der Waals surface area contributed by atoms with Crippen LogP contribution in [0.25, 0.3) is 92.7 Å². The lowest BCUT2D eigenvalue weighted by Gasteiger charge is -2.27. The van der Waals surface area contributed by atoms with Gasteiger partial charge < -0.3 is 30.2 Å². The molecule has 0 bridgehead atoms. The van der Waals surface area contributed by atoms with Crippen LogP contribution in [0.15, 0.2) is 356 Å². The predicted octanol–water partition coefficient (Wildman–Crippen LogP) is 30.4. The molecule has 0 saturated heterocycles. The zero-order chi connectivity index (χ0) is 93.4. The van der Waals surface area contributed by atoms with E-state index >= 15 is 0 Å². The maximum absolute atomic E-state index is 11.6. The molecule has 0 aliphatic heterocycles. The van der Waals surface area contributed by atoms with Crippen molar-refractivity contribution < 1.29 is 39.6 Å². The van der Waals surface area contributed by atoms with Crippen molar-refractivity contribution in [3.8, 4) is 12.1 Å². The normalized spacial score (nSPS) is 12.9. The fraction of sp³-hybridized carbons (Fsp3) is 0.0690. The minimum Gasteiger partial charge on any atom is -0.486 e. The van der Waals surface area contributed by atoms with Gasteiger partial charge in [-0.05, 0) is 286 Å². The van der Waals surface area contributed by atoms with Crippen LogP contribution in [0.5, 0.6) is 0 Å². The molecule has 134 heavy (non-hydrogen) atoms. The van der Waals surface area contributed by atoms with Crippen molar-refractivity contribution in [2.45, 2.75) is 51.9 Å². The molecule has 4 N–H and O–H groups in total. The molecule has 1 saturated carbocycles. The Bertz CT molecular complexity index is 6910. The molecule has 4 heterocycles. The van der Waals surface area contributed by atoms with Gasteiger partial charge in [-0.15, -0.1) is 45.3 Å². The molecule has 15 aromatic rings. The first-order valence-electron chi connectivity index (χ1n) is 43.1. The number of nitriles is 2. The van der Waals surface area contributed by atoms with E-state index in [9.17, 15) is 50.1 Å². The first kappa shape index (κ1) is 92.0. The van der Waals surface area contributed by atoms with Crippen LogP contribution < -0.4 is 9.80 Å². The van der Waals surface area contributed by atoms with Crippen molar-refractivity contribution in [2.24, 2.45) is 0 Å². The van der Waals surface area contributed by atoms with Crippen LogP contribution >= 0.6 is 45.3 Å². The lowest BCUT2D eigenvalue weighted by molar-refractivity contribution is -0.133. The monoisotopic (exact) mass is 1820 g/mol. The molecule has 1 fully saturated rings. The van der Waals surface area contributed by atoms with Crippen LogP contribution in [0.3, 0.4) is 0 Å². The Labute approximate surface area is 794 Å². The van der Waals surface area contributed by atoms with Gasteiger partial charge in [0.1, 0.15) is 23.3 Å². The number of hydrogen-bond donors (Lipinski definition) is 4. The van der Waals surface area contributed by atoms with Crippen molar-refractivity contribution in [3.63, 3.8) is 0 Å². The fourth-order valence-electron chi connectivity index (χ4n) is 15.9. The van der Waals surface area contributed by atoms with Crippen molar-refractivity contribution in [1.29, 1.82) is 10.5 Å². The zero-order valence-corrected chi connectivity index (χ0v) is 76.1. The first-order valence-corrected chi connectivity index (χ1v) is 46.4. The summed E-state index contributed by atoms with van der Waals surface area (Å²) < 4.78 is 0. The molecule has 0 atom stereocenters. The zero-order valence-electron chi connectivity index (χ0n) is 72.9. The highest BCUT2D eigenvalue weighted by Crippen LogP contribution is 2.44. The second-order valence-corrected chi connectivity index (χ2v) is 36.1. The van der Waals surface area contributed by atoms with Crippen LogP contribution in [0, 0.1) is 49.7 Å². The molecule has 4 aromatic heterocycles. The van der Waals surface area contributed by atoms with Gasteiger partial charge >= 0.3 is 23.9 Å². The summed E-state index contributed by atoms with van der Waals surface area (Å²) in [6.45, 7) is 18.8. The maximum Gasteiger partial charge on any atom is 0.346 e. The van der Waals surface area contributed by atoms with E-state index in [0.29, 0.717) is 25.4 Å². The molecule has 14 nitrogen and oxygen atoms in total. The Morgan fingerprint density at radius 2 is 0.590 bits per heavy atom. The van der Waals surface area contributed by atoms with Gasteiger partial charge in [-0.2, -0.15) is 10.5 Å². The Balaban J connectivity index is 0.000000205. The van der Waals surface area contributed by atoms with Gasteiger partial charge in [0.25, 0.3) is 11.4 Å². The summed E-state index contributed by atoms with van der Waals surface area (Å²) in [6.07, 6.45) is 24.7. The molecule has 18 heteroatoms. The average Bonchev–Trinajstić information content (AvgIpc) is 0.858. The van der Waals surface area contributed by atoms with Gasteiger partial charge in [-0.1, -0.05) is 255 Å². The Kier molecular flexibility index (Phi) is 30.3. The van der Waals surface area contributed by atoms with E-state index in [2.05, 4.69) is 258 Å². The van der Waals surface area contributed by atoms with E-state index in [-0.39, 0.29) is 22.5 Å².